The van der Waals surface area contributed by atoms with Crippen molar-refractivity contribution >= 4 is 21.4 Å². The van der Waals surface area contributed by atoms with E-state index in [2.05, 4.69) is 16.7 Å². The van der Waals surface area contributed by atoms with Crippen molar-refractivity contribution in [2.45, 2.75) is 30.2 Å². The monoisotopic (exact) mass is 321 g/mol. The van der Waals surface area contributed by atoms with Crippen LogP contribution in [0.5, 0.6) is 0 Å². The van der Waals surface area contributed by atoms with Crippen LogP contribution in [0.1, 0.15) is 19.8 Å². The fourth-order valence-electron chi connectivity index (χ4n) is 2.23. The van der Waals surface area contributed by atoms with Crippen LogP contribution in [0.3, 0.4) is 0 Å². The lowest BCUT2D eigenvalue weighted by molar-refractivity contribution is -0.120. The molecule has 1 saturated carbocycles. The average Bonchev–Trinajstić information content (AvgIpc) is 3.29. The topological polar surface area (TPSA) is 99.1 Å². The summed E-state index contributed by atoms with van der Waals surface area (Å²) in [6.45, 7) is 1.71. The van der Waals surface area contributed by atoms with Gasteiger partial charge in [-0.05, 0) is 43.9 Å². The van der Waals surface area contributed by atoms with Gasteiger partial charge in [0.15, 0.2) is 9.84 Å². The van der Waals surface area contributed by atoms with E-state index in [4.69, 9.17) is 0 Å². The third kappa shape index (κ3) is 3.98. The highest BCUT2D eigenvalue weighted by atomic mass is 32.2. The van der Waals surface area contributed by atoms with Crippen LogP contribution in [0, 0.1) is 17.2 Å². The van der Waals surface area contributed by atoms with Crippen LogP contribution in [-0.2, 0) is 14.6 Å². The van der Waals surface area contributed by atoms with Crippen molar-refractivity contribution in [1.29, 1.82) is 5.26 Å². The van der Waals surface area contributed by atoms with Gasteiger partial charge in [0.2, 0.25) is 5.91 Å². The lowest BCUT2D eigenvalue weighted by Crippen LogP contribution is -2.48. The van der Waals surface area contributed by atoms with Gasteiger partial charge in [-0.15, -0.1) is 0 Å². The average molecular weight is 321 g/mol. The largest absolute Gasteiger partial charge is 0.376 e. The molecular weight excluding hydrogens is 302 g/mol. The smallest absolute Gasteiger partial charge is 0.240 e. The Morgan fingerprint density at radius 3 is 2.68 bits per heavy atom. The Bertz CT molecular complexity index is 720. The number of nitriles is 1. The van der Waals surface area contributed by atoms with Crippen molar-refractivity contribution in [3.63, 3.8) is 0 Å². The minimum atomic E-state index is -3.28. The molecule has 2 N–H and O–H groups in total. The summed E-state index contributed by atoms with van der Waals surface area (Å²) >= 11 is 0. The van der Waals surface area contributed by atoms with E-state index in [9.17, 15) is 18.5 Å². The molecule has 7 heteroatoms. The lowest BCUT2D eigenvalue weighted by atomic mass is 9.98. The molecule has 0 radical (unpaired) electrons. The second-order valence-corrected chi connectivity index (χ2v) is 7.81. The summed E-state index contributed by atoms with van der Waals surface area (Å²) in [5.41, 5.74) is -0.281. The quantitative estimate of drug-likeness (QED) is 0.823. The Kier molecular flexibility index (Phi) is 4.42. The third-order valence-electron chi connectivity index (χ3n) is 3.74. The maximum absolute atomic E-state index is 12.0. The van der Waals surface area contributed by atoms with Gasteiger partial charge in [0.05, 0.1) is 17.5 Å². The highest BCUT2D eigenvalue weighted by molar-refractivity contribution is 7.90. The first kappa shape index (κ1) is 16.3. The Hall–Kier alpha value is -2.07. The molecule has 6 nitrogen and oxygen atoms in total. The summed E-state index contributed by atoms with van der Waals surface area (Å²) < 4.78 is 23.0. The first-order valence-corrected chi connectivity index (χ1v) is 8.90. The van der Waals surface area contributed by atoms with Crippen molar-refractivity contribution in [3.05, 3.63) is 24.3 Å². The molecule has 1 amide bonds. The molecule has 118 valence electrons. The number of nitrogens with zero attached hydrogens (tertiary/aromatic N) is 1. The van der Waals surface area contributed by atoms with Gasteiger partial charge in [-0.1, -0.05) is 6.07 Å². The molecule has 1 atom stereocenters. The molecular formula is C15H19N3O3S. The zero-order chi connectivity index (χ0) is 16.4. The number of anilines is 1. The summed E-state index contributed by atoms with van der Waals surface area (Å²) in [6, 6.07) is 8.44. The number of hydrogen-bond donors (Lipinski definition) is 2. The van der Waals surface area contributed by atoms with Crippen LogP contribution in [0.15, 0.2) is 29.2 Å². The number of rotatable bonds is 6. The molecule has 0 saturated heterocycles. The first-order chi connectivity index (χ1) is 10.2. The molecule has 0 spiro atoms. The van der Waals surface area contributed by atoms with E-state index in [1.807, 2.05) is 0 Å². The minimum absolute atomic E-state index is 0.0167. The standard InChI is InChI=1S/C15H19N3O3S/c1-15(10-16,11-6-7-11)18-14(19)9-17-12-4-3-5-13(8-12)22(2,20)21/h3-5,8,11,17H,6-7,9H2,1-2H3,(H,18,19). The summed E-state index contributed by atoms with van der Waals surface area (Å²) in [6.07, 6.45) is 3.04. The lowest BCUT2D eigenvalue weighted by Gasteiger charge is -2.23. The maximum atomic E-state index is 12.0. The van der Waals surface area contributed by atoms with Crippen LogP contribution < -0.4 is 10.6 Å². The minimum Gasteiger partial charge on any atom is -0.376 e. The van der Waals surface area contributed by atoms with Crippen molar-refractivity contribution in [3.8, 4) is 6.07 Å². The SMILES string of the molecule is CC(C#N)(NC(=O)CNc1cccc(S(C)(=O)=O)c1)C1CC1. The van der Waals surface area contributed by atoms with Crippen molar-refractivity contribution in [2.75, 3.05) is 18.1 Å². The predicted octanol–water partition coefficient (Wildman–Crippen LogP) is 1.31. The first-order valence-electron chi connectivity index (χ1n) is 7.01. The number of nitrogens with one attached hydrogen (secondary N) is 2. The zero-order valence-corrected chi connectivity index (χ0v) is 13.4. The number of amides is 1. The predicted molar refractivity (Wildman–Crippen MR) is 82.9 cm³/mol. The van der Waals surface area contributed by atoms with E-state index >= 15 is 0 Å². The molecule has 22 heavy (non-hydrogen) atoms. The van der Waals surface area contributed by atoms with Gasteiger partial charge < -0.3 is 10.6 Å². The highest BCUT2D eigenvalue weighted by Crippen LogP contribution is 2.39. The zero-order valence-electron chi connectivity index (χ0n) is 12.6. The van der Waals surface area contributed by atoms with Crippen LogP contribution in [0.4, 0.5) is 5.69 Å². The van der Waals surface area contributed by atoms with Gasteiger partial charge in [0.25, 0.3) is 0 Å². The van der Waals surface area contributed by atoms with Gasteiger partial charge in [0, 0.05) is 11.9 Å². The number of carbonyl (C=O) groups is 1. The van der Waals surface area contributed by atoms with E-state index in [0.717, 1.165) is 19.1 Å². The van der Waals surface area contributed by atoms with Crippen LogP contribution in [-0.4, -0.2) is 32.7 Å². The fourth-order valence-corrected chi connectivity index (χ4v) is 2.90. The normalized spacial score (nSPS) is 17.1. The van der Waals surface area contributed by atoms with Crippen LogP contribution in [0.25, 0.3) is 0 Å². The molecule has 0 heterocycles. The van der Waals surface area contributed by atoms with Crippen molar-refractivity contribution < 1.29 is 13.2 Å². The summed E-state index contributed by atoms with van der Waals surface area (Å²) in [4.78, 5) is 12.2. The fraction of sp³-hybridized carbons (Fsp3) is 0.467. The van der Waals surface area contributed by atoms with E-state index in [-0.39, 0.29) is 23.3 Å². The summed E-state index contributed by atoms with van der Waals surface area (Å²) in [5, 5.41) is 14.8. The molecule has 2 rings (SSSR count). The Balaban J connectivity index is 1.96. The molecule has 1 unspecified atom stereocenters. The van der Waals surface area contributed by atoms with Gasteiger partial charge in [-0.3, -0.25) is 4.79 Å². The summed E-state index contributed by atoms with van der Waals surface area (Å²) in [7, 11) is -3.28. The molecule has 1 fully saturated rings. The molecule has 0 aromatic heterocycles. The number of benzene rings is 1. The number of sulfone groups is 1. The number of hydrogen-bond acceptors (Lipinski definition) is 5. The second-order valence-electron chi connectivity index (χ2n) is 5.79. The van der Waals surface area contributed by atoms with E-state index in [0.29, 0.717) is 5.69 Å². The molecule has 0 aliphatic heterocycles. The van der Waals surface area contributed by atoms with E-state index in [1.54, 1.807) is 19.1 Å². The van der Waals surface area contributed by atoms with Crippen molar-refractivity contribution in [2.24, 2.45) is 5.92 Å². The van der Waals surface area contributed by atoms with E-state index < -0.39 is 15.4 Å². The number of carbonyl (C=O) groups excluding carboxylic acids is 1. The van der Waals surface area contributed by atoms with Crippen LogP contribution in [0.2, 0.25) is 0 Å². The summed E-state index contributed by atoms with van der Waals surface area (Å²) in [5.74, 6) is -0.0734. The van der Waals surface area contributed by atoms with Gasteiger partial charge in [-0.2, -0.15) is 5.26 Å². The van der Waals surface area contributed by atoms with Crippen LogP contribution >= 0.6 is 0 Å². The molecule has 1 aromatic carbocycles. The highest BCUT2D eigenvalue weighted by Gasteiger charge is 2.42. The van der Waals surface area contributed by atoms with Gasteiger partial charge in [-0.25, -0.2) is 8.42 Å². The Morgan fingerprint density at radius 2 is 2.14 bits per heavy atom. The second kappa shape index (κ2) is 5.97. The molecule has 1 aromatic rings. The Morgan fingerprint density at radius 1 is 1.45 bits per heavy atom. The molecule has 1 aliphatic rings. The van der Waals surface area contributed by atoms with Gasteiger partial charge in [0.1, 0.15) is 5.54 Å². The maximum Gasteiger partial charge on any atom is 0.240 e. The van der Waals surface area contributed by atoms with Gasteiger partial charge >= 0.3 is 0 Å². The third-order valence-corrected chi connectivity index (χ3v) is 4.85. The van der Waals surface area contributed by atoms with Crippen molar-refractivity contribution in [1.82, 2.24) is 5.32 Å². The molecule has 1 aliphatic carbocycles. The molecule has 0 bridgehead atoms. The Labute approximate surface area is 130 Å². The van der Waals surface area contributed by atoms with E-state index in [1.165, 1.54) is 12.1 Å².